The number of carbonyl (C=O) groups is 1. The van der Waals surface area contributed by atoms with E-state index in [0.717, 1.165) is 11.3 Å². The molecule has 21 heavy (non-hydrogen) atoms. The Bertz CT molecular complexity index is 405. The molecule has 1 N–H and O–H groups in total. The van der Waals surface area contributed by atoms with Gasteiger partial charge in [-0.1, -0.05) is 12.1 Å². The SMILES string of the molecule is CCOCCOCC(=O)NC(C)c1ccc(OCC)cc1. The summed E-state index contributed by atoms with van der Waals surface area (Å²) in [6.45, 7) is 8.10. The van der Waals surface area contributed by atoms with Gasteiger partial charge in [-0.15, -0.1) is 0 Å². The summed E-state index contributed by atoms with van der Waals surface area (Å²) < 4.78 is 15.7. The first-order valence-electron chi connectivity index (χ1n) is 7.35. The number of ether oxygens (including phenoxy) is 3. The molecule has 1 amide bonds. The van der Waals surface area contributed by atoms with Crippen molar-refractivity contribution in [2.24, 2.45) is 0 Å². The van der Waals surface area contributed by atoms with E-state index in [1.54, 1.807) is 0 Å². The molecule has 1 atom stereocenters. The van der Waals surface area contributed by atoms with Crippen LogP contribution in [-0.4, -0.2) is 38.9 Å². The highest BCUT2D eigenvalue weighted by molar-refractivity contribution is 5.77. The summed E-state index contributed by atoms with van der Waals surface area (Å²) in [5.74, 6) is 0.701. The monoisotopic (exact) mass is 295 g/mol. The Morgan fingerprint density at radius 2 is 1.76 bits per heavy atom. The minimum atomic E-state index is -0.132. The summed E-state index contributed by atoms with van der Waals surface area (Å²) >= 11 is 0. The third-order valence-electron chi connectivity index (χ3n) is 2.88. The largest absolute Gasteiger partial charge is 0.494 e. The predicted octanol–water partition coefficient (Wildman–Crippen LogP) is 2.32. The minimum absolute atomic E-state index is 0.0500. The highest BCUT2D eigenvalue weighted by Crippen LogP contribution is 2.17. The second kappa shape index (κ2) is 10.2. The standard InChI is InChI=1S/C16H25NO4/c1-4-19-10-11-20-12-16(18)17-13(3)14-6-8-15(9-7-14)21-5-2/h6-9,13H,4-5,10-12H2,1-3H3,(H,17,18). The molecular weight excluding hydrogens is 270 g/mol. The second-order valence-corrected chi connectivity index (χ2v) is 4.54. The van der Waals surface area contributed by atoms with Gasteiger partial charge in [-0.05, 0) is 38.5 Å². The highest BCUT2D eigenvalue weighted by Gasteiger charge is 2.09. The van der Waals surface area contributed by atoms with Crippen LogP contribution in [-0.2, 0) is 14.3 Å². The Morgan fingerprint density at radius 1 is 1.10 bits per heavy atom. The Kier molecular flexibility index (Phi) is 8.47. The van der Waals surface area contributed by atoms with Gasteiger partial charge in [0.15, 0.2) is 0 Å². The van der Waals surface area contributed by atoms with E-state index in [9.17, 15) is 4.79 Å². The third kappa shape index (κ3) is 7.11. The van der Waals surface area contributed by atoms with Crippen LogP contribution < -0.4 is 10.1 Å². The van der Waals surface area contributed by atoms with Crippen LogP contribution >= 0.6 is 0 Å². The van der Waals surface area contributed by atoms with Crippen LogP contribution in [0.2, 0.25) is 0 Å². The van der Waals surface area contributed by atoms with Gasteiger partial charge < -0.3 is 19.5 Å². The second-order valence-electron chi connectivity index (χ2n) is 4.54. The smallest absolute Gasteiger partial charge is 0.246 e. The Morgan fingerprint density at radius 3 is 2.38 bits per heavy atom. The summed E-state index contributed by atoms with van der Waals surface area (Å²) in [5.41, 5.74) is 1.03. The van der Waals surface area contributed by atoms with E-state index in [0.29, 0.717) is 26.4 Å². The molecule has 0 aliphatic rings. The van der Waals surface area contributed by atoms with E-state index < -0.39 is 0 Å². The van der Waals surface area contributed by atoms with Crippen molar-refractivity contribution >= 4 is 5.91 Å². The van der Waals surface area contributed by atoms with Crippen molar-refractivity contribution in [3.63, 3.8) is 0 Å². The fourth-order valence-electron chi connectivity index (χ4n) is 1.81. The molecule has 1 aromatic rings. The fourth-order valence-corrected chi connectivity index (χ4v) is 1.81. The van der Waals surface area contributed by atoms with Crippen molar-refractivity contribution in [1.29, 1.82) is 0 Å². The van der Waals surface area contributed by atoms with Crippen molar-refractivity contribution < 1.29 is 19.0 Å². The van der Waals surface area contributed by atoms with Crippen molar-refractivity contribution in [1.82, 2.24) is 5.32 Å². The van der Waals surface area contributed by atoms with Gasteiger partial charge in [-0.25, -0.2) is 0 Å². The first-order valence-corrected chi connectivity index (χ1v) is 7.35. The lowest BCUT2D eigenvalue weighted by molar-refractivity contribution is -0.126. The summed E-state index contributed by atoms with van der Waals surface area (Å²) in [5, 5.41) is 2.89. The third-order valence-corrected chi connectivity index (χ3v) is 2.88. The van der Waals surface area contributed by atoms with E-state index in [2.05, 4.69) is 5.32 Å². The van der Waals surface area contributed by atoms with Crippen LogP contribution in [0.3, 0.4) is 0 Å². The van der Waals surface area contributed by atoms with E-state index in [1.165, 1.54) is 0 Å². The molecule has 0 saturated carbocycles. The first kappa shape index (κ1) is 17.5. The lowest BCUT2D eigenvalue weighted by Crippen LogP contribution is -2.30. The number of benzene rings is 1. The van der Waals surface area contributed by atoms with Crippen LogP contribution in [0.25, 0.3) is 0 Å². The van der Waals surface area contributed by atoms with E-state index in [4.69, 9.17) is 14.2 Å². The van der Waals surface area contributed by atoms with Crippen molar-refractivity contribution in [3.8, 4) is 5.75 Å². The molecule has 5 nitrogen and oxygen atoms in total. The number of hydrogen-bond acceptors (Lipinski definition) is 4. The van der Waals surface area contributed by atoms with Crippen LogP contribution in [0.5, 0.6) is 5.75 Å². The molecule has 5 heteroatoms. The highest BCUT2D eigenvalue weighted by atomic mass is 16.5. The zero-order chi connectivity index (χ0) is 15.5. The molecule has 0 aliphatic heterocycles. The molecule has 1 aromatic carbocycles. The number of carbonyl (C=O) groups excluding carboxylic acids is 1. The zero-order valence-corrected chi connectivity index (χ0v) is 13.1. The van der Waals surface area contributed by atoms with Crippen LogP contribution in [0.15, 0.2) is 24.3 Å². The van der Waals surface area contributed by atoms with E-state index >= 15 is 0 Å². The topological polar surface area (TPSA) is 56.8 Å². The molecule has 0 spiro atoms. The molecule has 1 rings (SSSR count). The average molecular weight is 295 g/mol. The molecule has 1 unspecified atom stereocenters. The zero-order valence-electron chi connectivity index (χ0n) is 13.1. The maximum atomic E-state index is 11.7. The van der Waals surface area contributed by atoms with Crippen LogP contribution in [0.1, 0.15) is 32.4 Å². The molecule has 118 valence electrons. The Hall–Kier alpha value is -1.59. The summed E-state index contributed by atoms with van der Waals surface area (Å²) in [7, 11) is 0. The molecule has 0 fully saturated rings. The molecule has 0 radical (unpaired) electrons. The van der Waals surface area contributed by atoms with Crippen molar-refractivity contribution in [3.05, 3.63) is 29.8 Å². The van der Waals surface area contributed by atoms with Crippen LogP contribution in [0.4, 0.5) is 0 Å². The van der Waals surface area contributed by atoms with Gasteiger partial charge in [0.25, 0.3) is 0 Å². The van der Waals surface area contributed by atoms with E-state index in [1.807, 2.05) is 45.0 Å². The van der Waals surface area contributed by atoms with Crippen LogP contribution in [0, 0.1) is 0 Å². The summed E-state index contributed by atoms with van der Waals surface area (Å²) in [6, 6.07) is 7.64. The molecule has 0 heterocycles. The van der Waals surface area contributed by atoms with Gasteiger partial charge in [0, 0.05) is 6.61 Å². The van der Waals surface area contributed by atoms with E-state index in [-0.39, 0.29) is 18.6 Å². The maximum Gasteiger partial charge on any atom is 0.246 e. The molecule has 0 saturated heterocycles. The van der Waals surface area contributed by atoms with Gasteiger partial charge in [0.2, 0.25) is 5.91 Å². The Labute approximate surface area is 126 Å². The molecular formula is C16H25NO4. The van der Waals surface area contributed by atoms with Crippen molar-refractivity contribution in [2.45, 2.75) is 26.8 Å². The van der Waals surface area contributed by atoms with Crippen molar-refractivity contribution in [2.75, 3.05) is 33.0 Å². The maximum absolute atomic E-state index is 11.7. The molecule has 0 bridgehead atoms. The predicted molar refractivity (Wildman–Crippen MR) is 81.5 cm³/mol. The summed E-state index contributed by atoms with van der Waals surface area (Å²) in [4.78, 5) is 11.7. The number of nitrogens with one attached hydrogen (secondary N) is 1. The van der Waals surface area contributed by atoms with Gasteiger partial charge in [0.1, 0.15) is 12.4 Å². The normalized spacial score (nSPS) is 12.0. The Balaban J connectivity index is 2.31. The van der Waals surface area contributed by atoms with Gasteiger partial charge >= 0.3 is 0 Å². The fraction of sp³-hybridized carbons (Fsp3) is 0.562. The first-order chi connectivity index (χ1) is 10.2. The lowest BCUT2D eigenvalue weighted by atomic mass is 10.1. The summed E-state index contributed by atoms with van der Waals surface area (Å²) in [6.07, 6.45) is 0. The number of rotatable bonds is 10. The number of amides is 1. The van der Waals surface area contributed by atoms with Gasteiger partial charge in [0.05, 0.1) is 25.9 Å². The quantitative estimate of drug-likeness (QED) is 0.673. The lowest BCUT2D eigenvalue weighted by Gasteiger charge is -2.15. The molecule has 0 aromatic heterocycles. The van der Waals surface area contributed by atoms with Gasteiger partial charge in [-0.2, -0.15) is 0 Å². The number of hydrogen-bond donors (Lipinski definition) is 1. The van der Waals surface area contributed by atoms with Gasteiger partial charge in [-0.3, -0.25) is 4.79 Å². The average Bonchev–Trinajstić information content (AvgIpc) is 2.48. The minimum Gasteiger partial charge on any atom is -0.494 e. The molecule has 0 aliphatic carbocycles.